The van der Waals surface area contributed by atoms with Crippen molar-refractivity contribution in [3.63, 3.8) is 0 Å². The van der Waals surface area contributed by atoms with Gasteiger partial charge in [0.1, 0.15) is 0 Å². The molecule has 1 unspecified atom stereocenters. The molecule has 1 N–H and O–H groups in total. The van der Waals surface area contributed by atoms with Gasteiger partial charge in [-0.15, -0.1) is 0 Å². The molecular weight excluding hydrogens is 300 g/mol. The fourth-order valence-corrected chi connectivity index (χ4v) is 3.60. The van der Waals surface area contributed by atoms with Gasteiger partial charge in [-0.05, 0) is 51.3 Å². The fraction of sp³-hybridized carbons (Fsp3) is 0.579. The predicted molar refractivity (Wildman–Crippen MR) is 95.6 cm³/mol. The second-order valence-corrected chi connectivity index (χ2v) is 6.90. The lowest BCUT2D eigenvalue weighted by molar-refractivity contribution is 0.188. The topological polar surface area (TPSA) is 48.5 Å². The molecule has 0 spiro atoms. The molecule has 3 rings (SSSR count). The van der Waals surface area contributed by atoms with Crippen LogP contribution in [0.4, 0.5) is 4.79 Å². The summed E-state index contributed by atoms with van der Waals surface area (Å²) in [5.41, 5.74) is 1.10. The minimum atomic E-state index is 0.108. The molecule has 1 fully saturated rings. The summed E-state index contributed by atoms with van der Waals surface area (Å²) in [5.74, 6) is 0. The molecule has 0 radical (unpaired) electrons. The van der Waals surface area contributed by atoms with Crippen molar-refractivity contribution < 1.29 is 4.79 Å². The van der Waals surface area contributed by atoms with E-state index in [1.807, 2.05) is 23.2 Å². The first-order chi connectivity index (χ1) is 11.7. The van der Waals surface area contributed by atoms with E-state index in [0.29, 0.717) is 12.1 Å². The van der Waals surface area contributed by atoms with Crippen molar-refractivity contribution in [2.45, 2.75) is 50.7 Å². The van der Waals surface area contributed by atoms with E-state index in [4.69, 9.17) is 0 Å². The number of amides is 2. The van der Waals surface area contributed by atoms with Crippen LogP contribution in [0, 0.1) is 0 Å². The first kappa shape index (κ1) is 17.0. The molecule has 2 aliphatic rings. The van der Waals surface area contributed by atoms with E-state index in [1.54, 1.807) is 0 Å². The number of hydrogen-bond acceptors (Lipinski definition) is 3. The number of carbonyl (C=O) groups is 1. The number of hydrogen-bond donors (Lipinski definition) is 1. The molecule has 2 heterocycles. The van der Waals surface area contributed by atoms with Crippen LogP contribution in [0.1, 0.15) is 37.8 Å². The Kier molecular flexibility index (Phi) is 5.86. The van der Waals surface area contributed by atoms with Gasteiger partial charge in [0.25, 0.3) is 0 Å². The summed E-state index contributed by atoms with van der Waals surface area (Å²) in [7, 11) is 2.17. The number of pyridine rings is 1. The normalized spacial score (nSPS) is 21.9. The van der Waals surface area contributed by atoms with E-state index in [1.165, 1.54) is 0 Å². The Bertz CT molecular complexity index is 552. The van der Waals surface area contributed by atoms with Crippen LogP contribution in [-0.4, -0.2) is 53.0 Å². The Morgan fingerprint density at radius 2 is 2.12 bits per heavy atom. The largest absolute Gasteiger partial charge is 0.335 e. The molecule has 1 aromatic rings. The standard InChI is InChI=1S/C19H28N4O/c1-22(15-17-9-4-5-12-20-17)18-10-6-13-23(14-11-18)19(24)21-16-7-2-3-8-16/h2-5,9,12,16,18H,6-8,10-11,13-15H2,1H3,(H,21,24). The zero-order valence-corrected chi connectivity index (χ0v) is 14.5. The minimum absolute atomic E-state index is 0.108. The molecular formula is C19H28N4O. The second-order valence-electron chi connectivity index (χ2n) is 6.90. The second kappa shape index (κ2) is 8.29. The van der Waals surface area contributed by atoms with Crippen molar-refractivity contribution in [2.24, 2.45) is 0 Å². The molecule has 5 nitrogen and oxygen atoms in total. The third kappa shape index (κ3) is 4.57. The van der Waals surface area contributed by atoms with Crippen LogP contribution in [0.2, 0.25) is 0 Å². The highest BCUT2D eigenvalue weighted by Gasteiger charge is 2.24. The van der Waals surface area contributed by atoms with E-state index in [2.05, 4.69) is 40.5 Å². The number of nitrogens with zero attached hydrogens (tertiary/aromatic N) is 3. The number of carbonyl (C=O) groups excluding carboxylic acids is 1. The molecule has 1 saturated heterocycles. The number of urea groups is 1. The van der Waals surface area contributed by atoms with E-state index in [0.717, 1.165) is 57.4 Å². The van der Waals surface area contributed by atoms with E-state index in [9.17, 15) is 4.79 Å². The van der Waals surface area contributed by atoms with Crippen molar-refractivity contribution in [1.29, 1.82) is 0 Å². The Morgan fingerprint density at radius 1 is 1.29 bits per heavy atom. The Morgan fingerprint density at radius 3 is 2.88 bits per heavy atom. The first-order valence-electron chi connectivity index (χ1n) is 9.03. The molecule has 1 atom stereocenters. The third-order valence-electron chi connectivity index (χ3n) is 5.08. The average molecular weight is 328 g/mol. The van der Waals surface area contributed by atoms with Gasteiger partial charge in [0.15, 0.2) is 0 Å². The zero-order valence-electron chi connectivity index (χ0n) is 14.5. The first-order valence-corrected chi connectivity index (χ1v) is 9.03. The molecule has 5 heteroatoms. The van der Waals surface area contributed by atoms with Crippen LogP contribution in [0.25, 0.3) is 0 Å². The fourth-order valence-electron chi connectivity index (χ4n) is 3.60. The molecule has 24 heavy (non-hydrogen) atoms. The minimum Gasteiger partial charge on any atom is -0.335 e. The monoisotopic (exact) mass is 328 g/mol. The van der Waals surface area contributed by atoms with Gasteiger partial charge in [0.05, 0.1) is 5.69 Å². The summed E-state index contributed by atoms with van der Waals surface area (Å²) in [6, 6.07) is 6.97. The highest BCUT2D eigenvalue weighted by atomic mass is 16.2. The molecule has 0 saturated carbocycles. The Labute approximate surface area is 144 Å². The summed E-state index contributed by atoms with van der Waals surface area (Å²) in [4.78, 5) is 21.2. The smallest absolute Gasteiger partial charge is 0.317 e. The van der Waals surface area contributed by atoms with Crippen LogP contribution in [-0.2, 0) is 6.54 Å². The van der Waals surface area contributed by atoms with Crippen LogP contribution >= 0.6 is 0 Å². The SMILES string of the molecule is CN(Cc1ccccn1)C1CCCN(C(=O)NC2CC=CC2)CC1. The quantitative estimate of drug-likeness (QED) is 0.865. The van der Waals surface area contributed by atoms with Crippen molar-refractivity contribution in [3.05, 3.63) is 42.2 Å². The lowest BCUT2D eigenvalue weighted by atomic mass is 10.1. The molecule has 130 valence electrons. The summed E-state index contributed by atoms with van der Waals surface area (Å²) in [6.07, 6.45) is 11.3. The van der Waals surface area contributed by atoms with Crippen LogP contribution in [0.15, 0.2) is 36.5 Å². The molecule has 2 amide bonds. The Balaban J connectivity index is 1.48. The lowest BCUT2D eigenvalue weighted by Gasteiger charge is -2.27. The number of aromatic nitrogens is 1. The van der Waals surface area contributed by atoms with Gasteiger partial charge in [0.2, 0.25) is 0 Å². The van der Waals surface area contributed by atoms with Gasteiger partial charge in [-0.1, -0.05) is 18.2 Å². The van der Waals surface area contributed by atoms with Crippen molar-refractivity contribution in [1.82, 2.24) is 20.1 Å². The summed E-state index contributed by atoms with van der Waals surface area (Å²) in [5, 5.41) is 3.16. The molecule has 1 aromatic heterocycles. The van der Waals surface area contributed by atoms with E-state index >= 15 is 0 Å². The predicted octanol–water partition coefficient (Wildman–Crippen LogP) is 2.80. The number of likely N-dealkylation sites (tertiary alicyclic amines) is 1. The maximum atomic E-state index is 12.4. The van der Waals surface area contributed by atoms with Crippen LogP contribution < -0.4 is 5.32 Å². The van der Waals surface area contributed by atoms with E-state index in [-0.39, 0.29) is 6.03 Å². The maximum Gasteiger partial charge on any atom is 0.317 e. The van der Waals surface area contributed by atoms with Crippen molar-refractivity contribution >= 4 is 6.03 Å². The van der Waals surface area contributed by atoms with Gasteiger partial charge in [-0.25, -0.2) is 4.79 Å². The zero-order chi connectivity index (χ0) is 16.8. The molecule has 1 aliphatic carbocycles. The summed E-state index contributed by atoms with van der Waals surface area (Å²) in [6.45, 7) is 2.56. The summed E-state index contributed by atoms with van der Waals surface area (Å²) < 4.78 is 0. The van der Waals surface area contributed by atoms with Gasteiger partial charge in [0, 0.05) is 37.9 Å². The highest BCUT2D eigenvalue weighted by molar-refractivity contribution is 5.74. The average Bonchev–Trinajstić information content (AvgIpc) is 2.96. The van der Waals surface area contributed by atoms with Crippen LogP contribution in [0.5, 0.6) is 0 Å². The van der Waals surface area contributed by atoms with Crippen molar-refractivity contribution in [3.8, 4) is 0 Å². The van der Waals surface area contributed by atoms with Gasteiger partial charge >= 0.3 is 6.03 Å². The number of nitrogens with one attached hydrogen (secondary N) is 1. The van der Waals surface area contributed by atoms with Gasteiger partial charge < -0.3 is 10.2 Å². The van der Waals surface area contributed by atoms with Gasteiger partial charge in [-0.3, -0.25) is 9.88 Å². The molecule has 0 bridgehead atoms. The molecule has 0 aromatic carbocycles. The van der Waals surface area contributed by atoms with Crippen LogP contribution in [0.3, 0.4) is 0 Å². The Hall–Kier alpha value is -1.88. The highest BCUT2D eigenvalue weighted by Crippen LogP contribution is 2.18. The maximum absolute atomic E-state index is 12.4. The summed E-state index contributed by atoms with van der Waals surface area (Å²) >= 11 is 0. The van der Waals surface area contributed by atoms with Gasteiger partial charge in [-0.2, -0.15) is 0 Å². The number of rotatable bonds is 4. The lowest BCUT2D eigenvalue weighted by Crippen LogP contribution is -2.44. The van der Waals surface area contributed by atoms with E-state index < -0.39 is 0 Å². The third-order valence-corrected chi connectivity index (χ3v) is 5.08. The van der Waals surface area contributed by atoms with Crippen molar-refractivity contribution in [2.75, 3.05) is 20.1 Å². The molecule has 1 aliphatic heterocycles.